The first-order valence-electron chi connectivity index (χ1n) is 6.62. The fourth-order valence-corrected chi connectivity index (χ4v) is 2.80. The van der Waals surface area contributed by atoms with Crippen LogP contribution in [0.2, 0.25) is 0 Å². The summed E-state index contributed by atoms with van der Waals surface area (Å²) in [7, 11) is -1.03. The molecule has 110 valence electrons. The lowest BCUT2D eigenvalue weighted by molar-refractivity contribution is 0.592. The topological polar surface area (TPSA) is 76.9 Å². The number of aryl methyl sites for hydroxylation is 2. The van der Waals surface area contributed by atoms with E-state index < -0.39 is 9.84 Å². The highest BCUT2D eigenvalue weighted by Crippen LogP contribution is 2.16. The number of aromatic nitrogens is 3. The number of fused-ring (bicyclic) bond motifs is 1. The van der Waals surface area contributed by atoms with Gasteiger partial charge >= 0.3 is 0 Å². The number of hydrogen-bond donors (Lipinski definition) is 1. The van der Waals surface area contributed by atoms with Crippen LogP contribution in [0.25, 0.3) is 11.0 Å². The molecule has 0 aliphatic heterocycles. The van der Waals surface area contributed by atoms with Crippen molar-refractivity contribution in [3.63, 3.8) is 0 Å². The van der Waals surface area contributed by atoms with Gasteiger partial charge in [-0.3, -0.25) is 4.68 Å². The Morgan fingerprint density at radius 1 is 1.40 bits per heavy atom. The first-order chi connectivity index (χ1) is 9.43. The van der Waals surface area contributed by atoms with Crippen LogP contribution in [0.5, 0.6) is 0 Å². The summed E-state index contributed by atoms with van der Waals surface area (Å²) in [6.07, 6.45) is 1.80. The predicted molar refractivity (Wildman–Crippen MR) is 79.3 cm³/mol. The van der Waals surface area contributed by atoms with Crippen LogP contribution in [-0.4, -0.2) is 41.2 Å². The first kappa shape index (κ1) is 14.9. The molecule has 0 saturated carbocycles. The van der Waals surface area contributed by atoms with Gasteiger partial charge in [-0.05, 0) is 18.6 Å². The van der Waals surface area contributed by atoms with E-state index in [0.717, 1.165) is 22.3 Å². The summed E-state index contributed by atoms with van der Waals surface area (Å²) in [5.74, 6) is 0.363. The molecule has 0 aliphatic rings. The molecule has 0 aromatic carbocycles. The second-order valence-electron chi connectivity index (χ2n) is 4.84. The van der Waals surface area contributed by atoms with E-state index in [0.29, 0.717) is 13.1 Å². The van der Waals surface area contributed by atoms with Gasteiger partial charge < -0.3 is 5.32 Å². The zero-order chi connectivity index (χ0) is 14.8. The van der Waals surface area contributed by atoms with Crippen molar-refractivity contribution in [2.24, 2.45) is 7.05 Å². The summed E-state index contributed by atoms with van der Waals surface area (Å²) >= 11 is 0. The zero-order valence-electron chi connectivity index (χ0n) is 12.0. The van der Waals surface area contributed by atoms with Crippen molar-refractivity contribution in [2.75, 3.05) is 18.1 Å². The Kier molecular flexibility index (Phi) is 4.39. The van der Waals surface area contributed by atoms with Crippen molar-refractivity contribution in [1.82, 2.24) is 20.1 Å². The molecule has 0 aliphatic carbocycles. The van der Waals surface area contributed by atoms with E-state index in [9.17, 15) is 8.42 Å². The summed E-state index contributed by atoms with van der Waals surface area (Å²) in [5, 5.41) is 8.50. The van der Waals surface area contributed by atoms with Gasteiger partial charge in [0.25, 0.3) is 0 Å². The molecule has 0 amide bonds. The van der Waals surface area contributed by atoms with Crippen molar-refractivity contribution in [1.29, 1.82) is 0 Å². The molecule has 0 spiro atoms. The first-order valence-corrected chi connectivity index (χ1v) is 8.44. The SMILES string of the molecule is CCS(=O)(=O)CCNCc1cnc2c(c1)c(C)nn2C. The maximum Gasteiger partial charge on any atom is 0.157 e. The van der Waals surface area contributed by atoms with E-state index in [4.69, 9.17) is 0 Å². The molecule has 20 heavy (non-hydrogen) atoms. The van der Waals surface area contributed by atoms with E-state index in [2.05, 4.69) is 15.4 Å². The minimum absolute atomic E-state index is 0.172. The van der Waals surface area contributed by atoms with Gasteiger partial charge in [0.15, 0.2) is 15.5 Å². The van der Waals surface area contributed by atoms with Gasteiger partial charge in [-0.15, -0.1) is 0 Å². The Morgan fingerprint density at radius 3 is 2.85 bits per heavy atom. The Labute approximate surface area is 119 Å². The van der Waals surface area contributed by atoms with Crippen molar-refractivity contribution >= 4 is 20.9 Å². The van der Waals surface area contributed by atoms with Gasteiger partial charge in [-0.25, -0.2) is 13.4 Å². The largest absolute Gasteiger partial charge is 0.312 e. The molecule has 0 bridgehead atoms. The summed E-state index contributed by atoms with van der Waals surface area (Å²) in [6, 6.07) is 2.05. The monoisotopic (exact) mass is 296 g/mol. The Bertz CT molecular complexity index is 706. The van der Waals surface area contributed by atoms with E-state index in [-0.39, 0.29) is 11.5 Å². The molecule has 0 unspecified atom stereocenters. The van der Waals surface area contributed by atoms with Crippen LogP contribution in [0.3, 0.4) is 0 Å². The highest BCUT2D eigenvalue weighted by molar-refractivity contribution is 7.91. The number of sulfone groups is 1. The molecule has 2 rings (SSSR count). The molecule has 0 fully saturated rings. The lowest BCUT2D eigenvalue weighted by Gasteiger charge is -2.05. The molecule has 0 atom stereocenters. The third kappa shape index (κ3) is 3.34. The van der Waals surface area contributed by atoms with Crippen LogP contribution in [0, 0.1) is 6.92 Å². The minimum Gasteiger partial charge on any atom is -0.312 e. The second kappa shape index (κ2) is 5.88. The van der Waals surface area contributed by atoms with Crippen molar-refractivity contribution in [3.8, 4) is 0 Å². The molecule has 2 aromatic heterocycles. The minimum atomic E-state index is -2.90. The van der Waals surface area contributed by atoms with Gasteiger partial charge in [0.2, 0.25) is 0 Å². The molecule has 2 aromatic rings. The molecule has 2 heterocycles. The second-order valence-corrected chi connectivity index (χ2v) is 7.31. The average molecular weight is 296 g/mol. The van der Waals surface area contributed by atoms with Crippen LogP contribution in [0.4, 0.5) is 0 Å². The molecular weight excluding hydrogens is 276 g/mol. The maximum atomic E-state index is 11.4. The fraction of sp³-hybridized carbons (Fsp3) is 0.538. The number of hydrogen-bond acceptors (Lipinski definition) is 5. The lowest BCUT2D eigenvalue weighted by Crippen LogP contribution is -2.23. The highest BCUT2D eigenvalue weighted by atomic mass is 32.2. The van der Waals surface area contributed by atoms with Crippen LogP contribution >= 0.6 is 0 Å². The number of pyridine rings is 1. The van der Waals surface area contributed by atoms with Gasteiger partial charge in [0.1, 0.15) is 0 Å². The van der Waals surface area contributed by atoms with E-state index in [1.54, 1.807) is 17.8 Å². The van der Waals surface area contributed by atoms with Gasteiger partial charge in [-0.1, -0.05) is 6.92 Å². The maximum absolute atomic E-state index is 11.4. The number of rotatable bonds is 6. The average Bonchev–Trinajstić information content (AvgIpc) is 2.70. The zero-order valence-corrected chi connectivity index (χ0v) is 12.9. The van der Waals surface area contributed by atoms with E-state index >= 15 is 0 Å². The molecule has 0 saturated heterocycles. The highest BCUT2D eigenvalue weighted by Gasteiger charge is 2.08. The smallest absolute Gasteiger partial charge is 0.157 e. The summed E-state index contributed by atoms with van der Waals surface area (Å²) in [6.45, 7) is 4.68. The summed E-state index contributed by atoms with van der Waals surface area (Å²) in [5.41, 5.74) is 2.84. The standard InChI is InChI=1S/C13H20N4O2S/c1-4-20(18,19)6-5-14-8-11-7-12-10(2)16-17(3)13(12)15-9-11/h7,9,14H,4-6,8H2,1-3H3. The Morgan fingerprint density at radius 2 is 2.15 bits per heavy atom. The third-order valence-electron chi connectivity index (χ3n) is 3.28. The van der Waals surface area contributed by atoms with Gasteiger partial charge in [-0.2, -0.15) is 5.10 Å². The van der Waals surface area contributed by atoms with Crippen molar-refractivity contribution < 1.29 is 8.42 Å². The van der Waals surface area contributed by atoms with Crippen LogP contribution in [0.15, 0.2) is 12.3 Å². The number of nitrogens with zero attached hydrogens (tertiary/aromatic N) is 3. The molecule has 7 heteroatoms. The summed E-state index contributed by atoms with van der Waals surface area (Å²) < 4.78 is 24.5. The van der Waals surface area contributed by atoms with E-state index in [1.165, 1.54) is 0 Å². The van der Waals surface area contributed by atoms with Gasteiger partial charge in [0.05, 0.1) is 11.4 Å². The predicted octanol–water partition coefficient (Wildman–Crippen LogP) is 0.801. The molecule has 1 N–H and O–H groups in total. The van der Waals surface area contributed by atoms with Crippen LogP contribution < -0.4 is 5.32 Å². The third-order valence-corrected chi connectivity index (χ3v) is 4.98. The summed E-state index contributed by atoms with van der Waals surface area (Å²) in [4.78, 5) is 4.39. The molecular formula is C13H20N4O2S. The van der Waals surface area contributed by atoms with Crippen molar-refractivity contribution in [3.05, 3.63) is 23.5 Å². The van der Waals surface area contributed by atoms with Gasteiger partial charge in [0, 0.05) is 37.5 Å². The normalized spacial score (nSPS) is 12.2. The Hall–Kier alpha value is -1.47. The quantitative estimate of drug-likeness (QED) is 0.798. The van der Waals surface area contributed by atoms with Crippen molar-refractivity contribution in [2.45, 2.75) is 20.4 Å². The molecule has 6 nitrogen and oxygen atoms in total. The molecule has 0 radical (unpaired) electrons. The Balaban J connectivity index is 1.99. The van der Waals surface area contributed by atoms with E-state index in [1.807, 2.05) is 20.0 Å². The lowest BCUT2D eigenvalue weighted by atomic mass is 10.2. The van der Waals surface area contributed by atoms with Crippen LogP contribution in [0.1, 0.15) is 18.2 Å². The fourth-order valence-electron chi connectivity index (χ4n) is 2.05. The number of nitrogens with one attached hydrogen (secondary N) is 1. The van der Waals surface area contributed by atoms with Crippen LogP contribution in [-0.2, 0) is 23.4 Å².